The van der Waals surface area contributed by atoms with Crippen LogP contribution >= 0.6 is 0 Å². The highest BCUT2D eigenvalue weighted by Gasteiger charge is 2.20. The van der Waals surface area contributed by atoms with E-state index in [1.165, 1.54) is 12.1 Å². The van der Waals surface area contributed by atoms with Crippen molar-refractivity contribution >= 4 is 11.7 Å². The van der Waals surface area contributed by atoms with Crippen molar-refractivity contribution in [2.24, 2.45) is 0 Å². The number of piperidine rings is 1. The maximum Gasteiger partial charge on any atom is 0.321 e. The minimum Gasteiger partial charge on any atom is -0.358 e. The summed E-state index contributed by atoms with van der Waals surface area (Å²) in [4.78, 5) is 24.1. The molecule has 0 radical (unpaired) electrons. The molecule has 2 heterocycles. The van der Waals surface area contributed by atoms with Gasteiger partial charge in [0.2, 0.25) is 0 Å². The number of nitro groups is 1. The summed E-state index contributed by atoms with van der Waals surface area (Å²) in [6.07, 6.45) is 1.96. The van der Waals surface area contributed by atoms with Crippen molar-refractivity contribution in [1.82, 2.24) is 15.6 Å². The molecule has 0 spiro atoms. The second-order valence-corrected chi connectivity index (χ2v) is 4.03. The Hall–Kier alpha value is -1.89. The molecule has 3 N–H and O–H groups in total. The van der Waals surface area contributed by atoms with Gasteiger partial charge in [-0.1, -0.05) is 0 Å². The van der Waals surface area contributed by atoms with Crippen LogP contribution in [0.2, 0.25) is 0 Å². The molecule has 92 valence electrons. The lowest BCUT2D eigenvalue weighted by molar-refractivity contribution is -0.389. The van der Waals surface area contributed by atoms with Crippen LogP contribution < -0.4 is 10.6 Å². The number of rotatable bonds is 3. The number of carbonyl (C=O) groups is 1. The largest absolute Gasteiger partial charge is 0.358 e. The van der Waals surface area contributed by atoms with E-state index in [1.54, 1.807) is 0 Å². The van der Waals surface area contributed by atoms with Crippen LogP contribution in [0.25, 0.3) is 0 Å². The molecule has 7 heteroatoms. The molecule has 1 atom stereocenters. The number of aromatic amines is 1. The number of nitrogens with zero attached hydrogens (tertiary/aromatic N) is 1. The zero-order chi connectivity index (χ0) is 12.3. The fourth-order valence-electron chi connectivity index (χ4n) is 1.86. The molecule has 0 aliphatic carbocycles. The number of aromatic nitrogens is 1. The Bertz CT molecular complexity index is 423. The van der Waals surface area contributed by atoms with E-state index in [0.29, 0.717) is 0 Å². The predicted octanol–water partition coefficient (Wildman–Crippen LogP) is 0.405. The molecule has 0 aromatic carbocycles. The number of carbonyl (C=O) groups excluding carboxylic acids is 1. The van der Waals surface area contributed by atoms with Crippen LogP contribution in [0.1, 0.15) is 23.3 Å². The molecule has 1 aromatic heterocycles. The van der Waals surface area contributed by atoms with Gasteiger partial charge in [0.1, 0.15) is 0 Å². The van der Waals surface area contributed by atoms with E-state index in [0.717, 1.165) is 25.9 Å². The van der Waals surface area contributed by atoms with Gasteiger partial charge in [0.15, 0.2) is 5.69 Å². The Balaban J connectivity index is 1.96. The van der Waals surface area contributed by atoms with Crippen LogP contribution in [-0.4, -0.2) is 34.9 Å². The standard InChI is InChI=1S/C10H14N4O3/c15-10(12-7-2-1-5-11-6-7)8-3-4-9(13-8)14(16)17/h3-4,7,11,13H,1-2,5-6H2,(H,12,15). The highest BCUT2D eigenvalue weighted by atomic mass is 16.6. The lowest BCUT2D eigenvalue weighted by Gasteiger charge is -2.23. The van der Waals surface area contributed by atoms with Crippen molar-refractivity contribution in [3.63, 3.8) is 0 Å². The third-order valence-corrected chi connectivity index (χ3v) is 2.74. The first-order valence-corrected chi connectivity index (χ1v) is 5.52. The summed E-state index contributed by atoms with van der Waals surface area (Å²) in [5.41, 5.74) is 0.224. The normalized spacial score (nSPS) is 19.9. The Kier molecular flexibility index (Phi) is 3.38. The van der Waals surface area contributed by atoms with Gasteiger partial charge in [0.25, 0.3) is 5.91 Å². The minimum absolute atomic E-state index is 0.0959. The molecule has 2 rings (SSSR count). The molecule has 7 nitrogen and oxygen atoms in total. The van der Waals surface area contributed by atoms with E-state index in [-0.39, 0.29) is 23.5 Å². The molecule has 1 aromatic rings. The van der Waals surface area contributed by atoms with Gasteiger partial charge in [-0.15, -0.1) is 0 Å². The lowest BCUT2D eigenvalue weighted by atomic mass is 10.1. The SMILES string of the molecule is O=C(NC1CCCNC1)c1ccc([N+](=O)[O-])[nH]1. The van der Waals surface area contributed by atoms with E-state index < -0.39 is 4.92 Å². The Morgan fingerprint density at radius 1 is 1.53 bits per heavy atom. The molecule has 1 amide bonds. The molecule has 1 aliphatic heterocycles. The van der Waals surface area contributed by atoms with E-state index in [4.69, 9.17) is 0 Å². The molecule has 1 fully saturated rings. The van der Waals surface area contributed by atoms with Crippen molar-refractivity contribution < 1.29 is 9.72 Å². The van der Waals surface area contributed by atoms with Gasteiger partial charge in [-0.25, -0.2) is 4.98 Å². The first-order valence-electron chi connectivity index (χ1n) is 5.52. The third kappa shape index (κ3) is 2.82. The fraction of sp³-hybridized carbons (Fsp3) is 0.500. The van der Waals surface area contributed by atoms with E-state index in [9.17, 15) is 14.9 Å². The van der Waals surface area contributed by atoms with Crippen molar-refractivity contribution in [2.75, 3.05) is 13.1 Å². The van der Waals surface area contributed by atoms with Crippen LogP contribution in [0.3, 0.4) is 0 Å². The fourth-order valence-corrected chi connectivity index (χ4v) is 1.86. The molecular weight excluding hydrogens is 224 g/mol. The summed E-state index contributed by atoms with van der Waals surface area (Å²) >= 11 is 0. The predicted molar refractivity (Wildman–Crippen MR) is 60.8 cm³/mol. The van der Waals surface area contributed by atoms with Crippen molar-refractivity contribution in [1.29, 1.82) is 0 Å². The molecule has 0 bridgehead atoms. The van der Waals surface area contributed by atoms with Crippen molar-refractivity contribution in [2.45, 2.75) is 18.9 Å². The lowest BCUT2D eigenvalue weighted by Crippen LogP contribution is -2.45. The summed E-state index contributed by atoms with van der Waals surface area (Å²) in [7, 11) is 0. The molecule has 0 saturated carbocycles. The van der Waals surface area contributed by atoms with E-state index >= 15 is 0 Å². The van der Waals surface area contributed by atoms with Crippen LogP contribution in [-0.2, 0) is 0 Å². The summed E-state index contributed by atoms with van der Waals surface area (Å²) in [5.74, 6) is -0.469. The quantitative estimate of drug-likeness (QED) is 0.524. The summed E-state index contributed by atoms with van der Waals surface area (Å²) < 4.78 is 0. The van der Waals surface area contributed by atoms with Gasteiger partial charge in [-0.2, -0.15) is 0 Å². The molecule has 1 aliphatic rings. The molecule has 17 heavy (non-hydrogen) atoms. The number of H-pyrrole nitrogens is 1. The van der Waals surface area contributed by atoms with Gasteiger partial charge >= 0.3 is 5.82 Å². The summed E-state index contributed by atoms with van der Waals surface area (Å²) in [6.45, 7) is 1.72. The number of hydrogen-bond acceptors (Lipinski definition) is 4. The number of hydrogen-bond donors (Lipinski definition) is 3. The second-order valence-electron chi connectivity index (χ2n) is 4.03. The zero-order valence-corrected chi connectivity index (χ0v) is 9.23. The highest BCUT2D eigenvalue weighted by molar-refractivity contribution is 5.93. The Labute approximate surface area is 97.7 Å². The van der Waals surface area contributed by atoms with E-state index in [1.807, 2.05) is 0 Å². The van der Waals surface area contributed by atoms with E-state index in [2.05, 4.69) is 15.6 Å². The van der Waals surface area contributed by atoms with Crippen molar-refractivity contribution in [3.05, 3.63) is 27.9 Å². The van der Waals surface area contributed by atoms with Gasteiger partial charge in [-0.05, 0) is 30.4 Å². The third-order valence-electron chi connectivity index (χ3n) is 2.74. The Morgan fingerprint density at radius 3 is 2.94 bits per heavy atom. The maximum absolute atomic E-state index is 11.8. The smallest absolute Gasteiger partial charge is 0.321 e. The van der Waals surface area contributed by atoms with Crippen LogP contribution in [0, 0.1) is 10.1 Å². The molecular formula is C10H14N4O3. The number of nitrogens with one attached hydrogen (secondary N) is 3. The molecule has 1 unspecified atom stereocenters. The maximum atomic E-state index is 11.8. The zero-order valence-electron chi connectivity index (χ0n) is 9.23. The average Bonchev–Trinajstić information content (AvgIpc) is 2.79. The van der Waals surface area contributed by atoms with Crippen LogP contribution in [0.4, 0.5) is 5.82 Å². The van der Waals surface area contributed by atoms with Gasteiger partial charge in [-0.3, -0.25) is 4.79 Å². The van der Waals surface area contributed by atoms with Crippen LogP contribution in [0.15, 0.2) is 12.1 Å². The molecule has 1 saturated heterocycles. The van der Waals surface area contributed by atoms with Gasteiger partial charge in [0.05, 0.1) is 0 Å². The van der Waals surface area contributed by atoms with Crippen molar-refractivity contribution in [3.8, 4) is 0 Å². The topological polar surface area (TPSA) is 100 Å². The Morgan fingerprint density at radius 2 is 2.35 bits per heavy atom. The highest BCUT2D eigenvalue weighted by Crippen LogP contribution is 2.10. The summed E-state index contributed by atoms with van der Waals surface area (Å²) in [5, 5.41) is 16.5. The first kappa shape index (κ1) is 11.6. The number of amides is 1. The monoisotopic (exact) mass is 238 g/mol. The summed E-state index contributed by atoms with van der Waals surface area (Å²) in [6, 6.07) is 2.80. The van der Waals surface area contributed by atoms with Gasteiger partial charge in [0, 0.05) is 18.7 Å². The average molecular weight is 238 g/mol. The second kappa shape index (κ2) is 4.96. The van der Waals surface area contributed by atoms with Crippen LogP contribution in [0.5, 0.6) is 0 Å². The van der Waals surface area contributed by atoms with Gasteiger partial charge < -0.3 is 20.7 Å². The minimum atomic E-state index is -0.557. The first-order chi connectivity index (χ1) is 8.16.